The molecular weight excluding hydrogens is 419 g/mol. The van der Waals surface area contributed by atoms with Crippen LogP contribution in [0.5, 0.6) is 11.6 Å². The van der Waals surface area contributed by atoms with Gasteiger partial charge in [0.2, 0.25) is 17.7 Å². The Morgan fingerprint density at radius 3 is 2.52 bits per heavy atom. The minimum atomic E-state index is -0.582. The summed E-state index contributed by atoms with van der Waals surface area (Å²) >= 11 is 0. The van der Waals surface area contributed by atoms with Crippen LogP contribution in [0.2, 0.25) is 0 Å². The summed E-state index contributed by atoms with van der Waals surface area (Å²) in [4.78, 5) is 27.7. The monoisotopic (exact) mass is 442 g/mol. The Kier molecular flexibility index (Phi) is 9.84. The Balaban J connectivity index is 0.00000210. The molecule has 0 spiro atoms. The maximum atomic E-state index is 12.3. The fraction of sp³-hybridized carbons (Fsp3) is 0.316. The maximum Gasteiger partial charge on any atom is 0.248 e. The summed E-state index contributed by atoms with van der Waals surface area (Å²) in [6.45, 7) is 1.27. The molecule has 0 bridgehead atoms. The summed E-state index contributed by atoms with van der Waals surface area (Å²) in [7, 11) is 0. The van der Waals surface area contributed by atoms with Crippen molar-refractivity contribution in [3.63, 3.8) is 0 Å². The van der Waals surface area contributed by atoms with E-state index in [1.807, 2.05) is 0 Å². The molecule has 1 fully saturated rings. The second-order valence-electron chi connectivity index (χ2n) is 6.34. The average Bonchev–Trinajstić information content (AvgIpc) is 2.69. The number of aromatic nitrogens is 1. The summed E-state index contributed by atoms with van der Waals surface area (Å²) in [6.07, 6.45) is 3.05. The van der Waals surface area contributed by atoms with Gasteiger partial charge >= 0.3 is 0 Å². The molecule has 158 valence electrons. The Hall–Kier alpha value is -2.39. The molecule has 29 heavy (non-hydrogen) atoms. The second kappa shape index (κ2) is 11.6. The lowest BCUT2D eigenvalue weighted by molar-refractivity contribution is -0.119. The van der Waals surface area contributed by atoms with Crippen molar-refractivity contribution in [2.45, 2.75) is 18.9 Å². The minimum Gasteiger partial charge on any atom is -0.439 e. The lowest BCUT2D eigenvalue weighted by Gasteiger charge is -2.26. The van der Waals surface area contributed by atoms with Crippen LogP contribution in [0.15, 0.2) is 42.6 Å². The van der Waals surface area contributed by atoms with Crippen molar-refractivity contribution < 1.29 is 19.1 Å². The van der Waals surface area contributed by atoms with E-state index in [9.17, 15) is 9.59 Å². The van der Waals surface area contributed by atoms with Gasteiger partial charge in [-0.2, -0.15) is 0 Å². The predicted molar refractivity (Wildman–Crippen MR) is 114 cm³/mol. The topological polar surface area (TPSA) is 130 Å². The number of halogens is 2. The van der Waals surface area contributed by atoms with E-state index in [1.165, 1.54) is 12.3 Å². The van der Waals surface area contributed by atoms with Crippen molar-refractivity contribution in [2.75, 3.05) is 18.5 Å². The van der Waals surface area contributed by atoms with Crippen LogP contribution in [0.4, 0.5) is 5.69 Å². The lowest BCUT2D eigenvalue weighted by Crippen LogP contribution is -2.44. The fourth-order valence-corrected chi connectivity index (χ4v) is 2.86. The van der Waals surface area contributed by atoms with Gasteiger partial charge in [-0.25, -0.2) is 4.98 Å². The number of anilines is 1. The molecule has 1 aliphatic heterocycles. The molecule has 0 aliphatic carbocycles. The van der Waals surface area contributed by atoms with Gasteiger partial charge in [-0.05, 0) is 43.0 Å². The van der Waals surface area contributed by atoms with Crippen LogP contribution in [0.1, 0.15) is 23.2 Å². The highest BCUT2D eigenvalue weighted by Crippen LogP contribution is 2.22. The van der Waals surface area contributed by atoms with Crippen molar-refractivity contribution in [1.29, 1.82) is 0 Å². The number of carbonyl (C=O) groups is 2. The van der Waals surface area contributed by atoms with Crippen molar-refractivity contribution in [3.05, 3.63) is 48.2 Å². The zero-order chi connectivity index (χ0) is 19.2. The number of pyridine rings is 1. The average molecular weight is 443 g/mol. The summed E-state index contributed by atoms with van der Waals surface area (Å²) < 4.78 is 10.9. The maximum absolute atomic E-state index is 12.3. The van der Waals surface area contributed by atoms with E-state index in [1.54, 1.807) is 30.3 Å². The quantitative estimate of drug-likeness (QED) is 0.629. The van der Waals surface area contributed by atoms with E-state index < -0.39 is 11.9 Å². The Morgan fingerprint density at radius 1 is 1.17 bits per heavy atom. The number of nitrogens with one attached hydrogen (secondary N) is 1. The molecule has 2 aromatic rings. The van der Waals surface area contributed by atoms with Crippen LogP contribution in [-0.2, 0) is 9.53 Å². The standard InChI is InChI=1S/C19H22N4O4.2ClH/c20-17(12-6-8-26-9-7-12)19(25)23-14-4-5-16(22-11-14)27-15-3-1-2-13(10-15)18(21)24;;/h1-5,10-12,17H,6-9,20H2,(H2,21,24)(H,23,25);2*1H. The number of nitrogens with two attached hydrogens (primary N) is 2. The Labute approximate surface area is 181 Å². The number of carbonyl (C=O) groups excluding carboxylic acids is 2. The van der Waals surface area contributed by atoms with E-state index in [-0.39, 0.29) is 36.6 Å². The fourth-order valence-electron chi connectivity index (χ4n) is 2.86. The third kappa shape index (κ3) is 6.86. The molecule has 10 heteroatoms. The van der Waals surface area contributed by atoms with Crippen molar-refractivity contribution in [3.8, 4) is 11.6 Å². The van der Waals surface area contributed by atoms with Gasteiger partial charge in [0.05, 0.1) is 17.9 Å². The van der Waals surface area contributed by atoms with Crippen LogP contribution >= 0.6 is 24.8 Å². The molecule has 1 aromatic heterocycles. The molecular formula is C19H24Cl2N4O4. The molecule has 0 radical (unpaired) electrons. The molecule has 2 heterocycles. The van der Waals surface area contributed by atoms with Gasteiger partial charge in [-0.3, -0.25) is 9.59 Å². The van der Waals surface area contributed by atoms with Crippen LogP contribution in [0, 0.1) is 5.92 Å². The number of benzene rings is 1. The molecule has 5 N–H and O–H groups in total. The van der Waals surface area contributed by atoms with Gasteiger partial charge in [-0.15, -0.1) is 24.8 Å². The van der Waals surface area contributed by atoms with E-state index in [2.05, 4.69) is 10.3 Å². The van der Waals surface area contributed by atoms with Crippen molar-refractivity contribution in [2.24, 2.45) is 17.4 Å². The van der Waals surface area contributed by atoms with E-state index in [0.717, 1.165) is 12.8 Å². The number of ether oxygens (including phenoxy) is 2. The van der Waals surface area contributed by atoms with Crippen LogP contribution in [0.25, 0.3) is 0 Å². The first-order valence-electron chi connectivity index (χ1n) is 8.71. The van der Waals surface area contributed by atoms with E-state index in [0.29, 0.717) is 36.1 Å². The molecule has 1 atom stereocenters. The number of hydrogen-bond acceptors (Lipinski definition) is 6. The zero-order valence-electron chi connectivity index (χ0n) is 15.6. The third-order valence-electron chi connectivity index (χ3n) is 4.42. The van der Waals surface area contributed by atoms with E-state index >= 15 is 0 Å². The first-order valence-corrected chi connectivity index (χ1v) is 8.71. The van der Waals surface area contributed by atoms with Crippen LogP contribution < -0.4 is 21.5 Å². The van der Waals surface area contributed by atoms with Crippen LogP contribution in [-0.4, -0.2) is 36.1 Å². The number of hydrogen-bond donors (Lipinski definition) is 3. The third-order valence-corrected chi connectivity index (χ3v) is 4.42. The first kappa shape index (κ1) is 24.6. The largest absolute Gasteiger partial charge is 0.439 e. The molecule has 2 amide bonds. The highest BCUT2D eigenvalue weighted by Gasteiger charge is 2.26. The van der Waals surface area contributed by atoms with Gasteiger partial charge in [0.25, 0.3) is 0 Å². The zero-order valence-corrected chi connectivity index (χ0v) is 17.2. The normalized spacial score (nSPS) is 14.7. The van der Waals surface area contributed by atoms with Gasteiger partial charge in [-0.1, -0.05) is 6.07 Å². The smallest absolute Gasteiger partial charge is 0.248 e. The lowest BCUT2D eigenvalue weighted by atomic mass is 9.92. The molecule has 1 saturated heterocycles. The Morgan fingerprint density at radius 2 is 1.90 bits per heavy atom. The van der Waals surface area contributed by atoms with E-state index in [4.69, 9.17) is 20.9 Å². The summed E-state index contributed by atoms with van der Waals surface area (Å²) in [5.41, 5.74) is 12.2. The summed E-state index contributed by atoms with van der Waals surface area (Å²) in [6, 6.07) is 9.20. The van der Waals surface area contributed by atoms with Crippen LogP contribution in [0.3, 0.4) is 0 Å². The second-order valence-corrected chi connectivity index (χ2v) is 6.34. The number of nitrogens with zero attached hydrogens (tertiary/aromatic N) is 1. The number of primary amides is 1. The molecule has 8 nitrogen and oxygen atoms in total. The highest BCUT2D eigenvalue weighted by atomic mass is 35.5. The van der Waals surface area contributed by atoms with Gasteiger partial charge < -0.3 is 26.3 Å². The number of amides is 2. The number of rotatable bonds is 6. The molecule has 3 rings (SSSR count). The molecule has 1 aromatic carbocycles. The molecule has 1 unspecified atom stereocenters. The minimum absolute atomic E-state index is 0. The molecule has 0 saturated carbocycles. The Bertz CT molecular complexity index is 814. The predicted octanol–water partition coefficient (Wildman–Crippen LogP) is 2.51. The molecule has 1 aliphatic rings. The van der Waals surface area contributed by atoms with Gasteiger partial charge in [0, 0.05) is 24.8 Å². The van der Waals surface area contributed by atoms with Crippen molar-refractivity contribution in [1.82, 2.24) is 4.98 Å². The first-order chi connectivity index (χ1) is 13.0. The summed E-state index contributed by atoms with van der Waals surface area (Å²) in [5, 5.41) is 2.77. The summed E-state index contributed by atoms with van der Waals surface area (Å²) in [5.74, 6) is 0.103. The van der Waals surface area contributed by atoms with Gasteiger partial charge in [0.1, 0.15) is 5.75 Å². The van der Waals surface area contributed by atoms with Crippen molar-refractivity contribution >= 4 is 42.3 Å². The SMILES string of the molecule is Cl.Cl.NC(=O)c1cccc(Oc2ccc(NC(=O)C(N)C3CCOCC3)cn2)c1. The van der Waals surface area contributed by atoms with Gasteiger partial charge in [0.15, 0.2) is 0 Å². The highest BCUT2D eigenvalue weighted by molar-refractivity contribution is 5.95.